The number of ether oxygens (including phenoxy) is 1. The Morgan fingerprint density at radius 3 is 3.04 bits per heavy atom. The smallest absolute Gasteiger partial charge is 0.324 e. The number of para-hydroxylation sites is 1. The lowest BCUT2D eigenvalue weighted by molar-refractivity contribution is 0.0817. The molecule has 7 heteroatoms. The topological polar surface area (TPSA) is 74.7 Å². The van der Waals surface area contributed by atoms with E-state index in [1.807, 2.05) is 17.5 Å². The van der Waals surface area contributed by atoms with E-state index in [2.05, 4.69) is 10.3 Å². The second kappa shape index (κ2) is 7.43. The molecule has 2 heterocycles. The molecule has 1 aliphatic rings. The number of thiazole rings is 1. The molecule has 1 atom stereocenters. The number of urea groups is 1. The average molecular weight is 333 g/mol. The molecule has 3 rings (SSSR count). The van der Waals surface area contributed by atoms with Gasteiger partial charge in [-0.25, -0.2) is 9.78 Å². The lowest BCUT2D eigenvalue weighted by Gasteiger charge is -2.25. The first-order chi connectivity index (χ1) is 11.2. The van der Waals surface area contributed by atoms with Crippen molar-refractivity contribution in [1.29, 1.82) is 0 Å². The van der Waals surface area contributed by atoms with Gasteiger partial charge in [-0.3, -0.25) is 5.32 Å². The van der Waals surface area contributed by atoms with Crippen LogP contribution in [-0.2, 0) is 11.3 Å². The molecule has 1 fully saturated rings. The minimum absolute atomic E-state index is 0.0444. The molecule has 1 aliphatic heterocycles. The Hall–Kier alpha value is -2.12. The molecule has 1 aromatic carbocycles. The molecule has 0 spiro atoms. The number of nitrogens with one attached hydrogen (secondary N) is 1. The fourth-order valence-corrected chi connectivity index (χ4v) is 3.08. The van der Waals surface area contributed by atoms with Crippen molar-refractivity contribution in [2.24, 2.45) is 0 Å². The molecular formula is C16H19N3O3S. The van der Waals surface area contributed by atoms with Gasteiger partial charge in [0.1, 0.15) is 5.75 Å². The summed E-state index contributed by atoms with van der Waals surface area (Å²) in [6, 6.07) is 6.81. The summed E-state index contributed by atoms with van der Waals surface area (Å²) in [4.78, 5) is 18.3. The standard InChI is InChI=1S/C16H19N3O3S/c20-14-6-2-1-4-12(14)10-19(11-13-5-3-8-22-13)16(21)18-15-17-7-9-23-15/h1-2,4,6-7,9,13,20H,3,5,8,10-11H2,(H,17,18,21)/t13-/m0/s1. The second-order valence-electron chi connectivity index (χ2n) is 5.41. The van der Waals surface area contributed by atoms with Crippen LogP contribution in [-0.4, -0.2) is 40.3 Å². The summed E-state index contributed by atoms with van der Waals surface area (Å²) in [5, 5.41) is 15.1. The molecule has 2 aromatic rings. The number of carbonyl (C=O) groups excluding carboxylic acids is 1. The van der Waals surface area contributed by atoms with Crippen LogP contribution in [0.5, 0.6) is 5.75 Å². The van der Waals surface area contributed by atoms with Gasteiger partial charge >= 0.3 is 6.03 Å². The molecule has 122 valence electrons. The third-order valence-electron chi connectivity index (χ3n) is 3.73. The Balaban J connectivity index is 1.72. The Morgan fingerprint density at radius 2 is 2.35 bits per heavy atom. The number of anilines is 1. The monoisotopic (exact) mass is 333 g/mol. The van der Waals surface area contributed by atoms with Crippen molar-refractivity contribution < 1.29 is 14.6 Å². The van der Waals surface area contributed by atoms with E-state index in [1.165, 1.54) is 11.3 Å². The van der Waals surface area contributed by atoms with Crippen molar-refractivity contribution in [3.63, 3.8) is 0 Å². The summed E-state index contributed by atoms with van der Waals surface area (Å²) in [6.07, 6.45) is 3.65. The van der Waals surface area contributed by atoms with Gasteiger partial charge in [0.2, 0.25) is 0 Å². The Labute approximate surface area is 138 Å². The molecule has 1 aromatic heterocycles. The number of aromatic hydroxyl groups is 1. The van der Waals surface area contributed by atoms with Crippen LogP contribution < -0.4 is 5.32 Å². The van der Waals surface area contributed by atoms with Crippen LogP contribution in [0.15, 0.2) is 35.8 Å². The van der Waals surface area contributed by atoms with E-state index < -0.39 is 0 Å². The highest BCUT2D eigenvalue weighted by Gasteiger charge is 2.24. The van der Waals surface area contributed by atoms with Crippen molar-refractivity contribution in [2.75, 3.05) is 18.5 Å². The zero-order valence-corrected chi connectivity index (χ0v) is 13.5. The quantitative estimate of drug-likeness (QED) is 0.882. The summed E-state index contributed by atoms with van der Waals surface area (Å²) in [6.45, 7) is 1.55. The first-order valence-electron chi connectivity index (χ1n) is 7.56. The number of amides is 2. The van der Waals surface area contributed by atoms with Crippen LogP contribution >= 0.6 is 11.3 Å². The van der Waals surface area contributed by atoms with Gasteiger partial charge in [0.05, 0.1) is 12.6 Å². The lowest BCUT2D eigenvalue weighted by Crippen LogP contribution is -2.39. The van der Waals surface area contributed by atoms with Crippen molar-refractivity contribution in [2.45, 2.75) is 25.5 Å². The van der Waals surface area contributed by atoms with Crippen LogP contribution in [0.1, 0.15) is 18.4 Å². The van der Waals surface area contributed by atoms with Crippen molar-refractivity contribution in [1.82, 2.24) is 9.88 Å². The number of hydrogen-bond acceptors (Lipinski definition) is 5. The predicted molar refractivity (Wildman–Crippen MR) is 88.6 cm³/mol. The average Bonchev–Trinajstić information content (AvgIpc) is 3.22. The second-order valence-corrected chi connectivity index (χ2v) is 6.31. The number of aromatic nitrogens is 1. The summed E-state index contributed by atoms with van der Waals surface area (Å²) in [7, 11) is 0. The highest BCUT2D eigenvalue weighted by atomic mass is 32.1. The Bertz CT molecular complexity index is 642. The summed E-state index contributed by atoms with van der Waals surface area (Å²) < 4.78 is 5.64. The fourth-order valence-electron chi connectivity index (χ4n) is 2.56. The first-order valence-corrected chi connectivity index (χ1v) is 8.44. The van der Waals surface area contributed by atoms with Crippen LogP contribution in [0.4, 0.5) is 9.93 Å². The lowest BCUT2D eigenvalue weighted by atomic mass is 10.1. The number of nitrogens with zero attached hydrogens (tertiary/aromatic N) is 2. The summed E-state index contributed by atoms with van der Waals surface area (Å²) in [5.74, 6) is 0.187. The molecule has 0 bridgehead atoms. The highest BCUT2D eigenvalue weighted by molar-refractivity contribution is 7.13. The number of benzene rings is 1. The fraction of sp³-hybridized carbons (Fsp3) is 0.375. The largest absolute Gasteiger partial charge is 0.508 e. The van der Waals surface area contributed by atoms with Crippen LogP contribution in [0.25, 0.3) is 0 Å². The summed E-state index contributed by atoms with van der Waals surface area (Å²) in [5.41, 5.74) is 0.708. The molecule has 0 radical (unpaired) electrons. The van der Waals surface area contributed by atoms with Crippen LogP contribution in [0.2, 0.25) is 0 Å². The Morgan fingerprint density at radius 1 is 1.48 bits per heavy atom. The van der Waals surface area contributed by atoms with E-state index in [-0.39, 0.29) is 17.9 Å². The molecular weight excluding hydrogens is 314 g/mol. The SMILES string of the molecule is O=C(Nc1nccs1)N(Cc1ccccc1O)C[C@@H]1CCCO1. The van der Waals surface area contributed by atoms with Gasteiger partial charge in [0.25, 0.3) is 0 Å². The zero-order valence-electron chi connectivity index (χ0n) is 12.6. The first kappa shape index (κ1) is 15.8. The maximum absolute atomic E-state index is 12.6. The van der Waals surface area contributed by atoms with E-state index in [4.69, 9.17) is 4.74 Å². The van der Waals surface area contributed by atoms with E-state index in [1.54, 1.807) is 23.2 Å². The number of hydrogen-bond donors (Lipinski definition) is 2. The number of phenolic OH excluding ortho intramolecular Hbond substituents is 1. The van der Waals surface area contributed by atoms with Gasteiger partial charge in [0, 0.05) is 30.3 Å². The van der Waals surface area contributed by atoms with Gasteiger partial charge < -0.3 is 14.7 Å². The van der Waals surface area contributed by atoms with Gasteiger partial charge in [-0.1, -0.05) is 18.2 Å². The molecule has 23 heavy (non-hydrogen) atoms. The Kier molecular flexibility index (Phi) is 5.09. The molecule has 0 saturated carbocycles. The van der Waals surface area contributed by atoms with Crippen molar-refractivity contribution >= 4 is 22.5 Å². The summed E-state index contributed by atoms with van der Waals surface area (Å²) >= 11 is 1.37. The number of rotatable bonds is 5. The molecule has 2 N–H and O–H groups in total. The minimum Gasteiger partial charge on any atom is -0.508 e. The highest BCUT2D eigenvalue weighted by Crippen LogP contribution is 2.21. The van der Waals surface area contributed by atoms with Crippen LogP contribution in [0.3, 0.4) is 0 Å². The third kappa shape index (κ3) is 4.20. The maximum Gasteiger partial charge on any atom is 0.324 e. The number of phenols is 1. The zero-order chi connectivity index (χ0) is 16.1. The molecule has 0 aliphatic carbocycles. The minimum atomic E-state index is -0.237. The maximum atomic E-state index is 12.6. The van der Waals surface area contributed by atoms with Crippen molar-refractivity contribution in [3.05, 3.63) is 41.4 Å². The number of carbonyl (C=O) groups is 1. The van der Waals surface area contributed by atoms with Gasteiger partial charge in [-0.2, -0.15) is 0 Å². The van der Waals surface area contributed by atoms with E-state index >= 15 is 0 Å². The molecule has 1 saturated heterocycles. The van der Waals surface area contributed by atoms with Gasteiger partial charge in [0.15, 0.2) is 5.13 Å². The molecule has 6 nitrogen and oxygen atoms in total. The van der Waals surface area contributed by atoms with E-state index in [0.29, 0.717) is 23.8 Å². The van der Waals surface area contributed by atoms with Crippen LogP contribution in [0, 0.1) is 0 Å². The van der Waals surface area contributed by atoms with Gasteiger partial charge in [-0.15, -0.1) is 11.3 Å². The van der Waals surface area contributed by atoms with E-state index in [9.17, 15) is 9.90 Å². The molecule has 0 unspecified atom stereocenters. The molecule has 2 amide bonds. The third-order valence-corrected chi connectivity index (χ3v) is 4.42. The van der Waals surface area contributed by atoms with Crippen molar-refractivity contribution in [3.8, 4) is 5.75 Å². The van der Waals surface area contributed by atoms with E-state index in [0.717, 1.165) is 19.4 Å². The van der Waals surface area contributed by atoms with Gasteiger partial charge in [-0.05, 0) is 18.9 Å². The normalized spacial score (nSPS) is 17.1. The predicted octanol–water partition coefficient (Wildman–Crippen LogP) is 3.06.